The Labute approximate surface area is 90.6 Å². The van der Waals surface area contributed by atoms with E-state index in [2.05, 4.69) is 15.9 Å². The molecule has 0 aliphatic rings. The van der Waals surface area contributed by atoms with Crippen molar-refractivity contribution in [3.05, 3.63) is 52.9 Å². The minimum Gasteiger partial charge on any atom is -0.489 e. The van der Waals surface area contributed by atoms with Crippen LogP contribution in [0.2, 0.25) is 0 Å². The third kappa shape index (κ3) is 2.39. The molecule has 0 aliphatic heterocycles. The molecule has 0 radical (unpaired) electrons. The van der Waals surface area contributed by atoms with Gasteiger partial charge in [-0.2, -0.15) is 0 Å². The molecule has 0 fully saturated rings. The number of rotatable bonds is 3. The van der Waals surface area contributed by atoms with Crippen LogP contribution in [0.4, 0.5) is 0 Å². The van der Waals surface area contributed by atoms with E-state index < -0.39 is 0 Å². The maximum atomic E-state index is 5.52. The predicted molar refractivity (Wildman–Crippen MR) is 57.2 cm³/mol. The summed E-state index contributed by atoms with van der Waals surface area (Å²) < 4.78 is 11.5. The Bertz CT molecular complexity index is 378. The van der Waals surface area contributed by atoms with E-state index in [0.29, 0.717) is 6.61 Å². The van der Waals surface area contributed by atoms with Gasteiger partial charge in [-0.3, -0.25) is 0 Å². The molecule has 0 aliphatic carbocycles. The van der Waals surface area contributed by atoms with Gasteiger partial charge in [-0.1, -0.05) is 15.9 Å². The summed E-state index contributed by atoms with van der Waals surface area (Å²) in [6.07, 6.45) is 3.32. The van der Waals surface area contributed by atoms with Crippen LogP contribution in [0.15, 0.2) is 51.7 Å². The Morgan fingerprint density at radius 3 is 2.57 bits per heavy atom. The van der Waals surface area contributed by atoms with Crippen LogP contribution in [0.5, 0.6) is 5.75 Å². The average molecular weight is 253 g/mol. The van der Waals surface area contributed by atoms with E-state index in [1.165, 1.54) is 0 Å². The van der Waals surface area contributed by atoms with Crippen molar-refractivity contribution >= 4 is 15.9 Å². The van der Waals surface area contributed by atoms with E-state index in [9.17, 15) is 0 Å². The number of furan rings is 1. The molecule has 2 aromatic rings. The van der Waals surface area contributed by atoms with Crippen molar-refractivity contribution in [1.82, 2.24) is 0 Å². The van der Waals surface area contributed by atoms with Crippen molar-refractivity contribution in [2.24, 2.45) is 0 Å². The molecular formula is C11H9BrO2. The zero-order chi connectivity index (χ0) is 9.80. The fraction of sp³-hybridized carbons (Fsp3) is 0.0909. The lowest BCUT2D eigenvalue weighted by molar-refractivity contribution is 0.305. The minimum absolute atomic E-state index is 0.540. The lowest BCUT2D eigenvalue weighted by atomic mass is 10.3. The highest BCUT2D eigenvalue weighted by Crippen LogP contribution is 2.17. The van der Waals surface area contributed by atoms with Crippen LogP contribution in [0.3, 0.4) is 0 Å². The van der Waals surface area contributed by atoms with Crippen molar-refractivity contribution in [1.29, 1.82) is 0 Å². The summed E-state index contributed by atoms with van der Waals surface area (Å²) in [6, 6.07) is 9.63. The smallest absolute Gasteiger partial charge is 0.119 e. The third-order valence-corrected chi connectivity index (χ3v) is 2.33. The summed E-state index contributed by atoms with van der Waals surface area (Å²) in [7, 11) is 0. The first-order chi connectivity index (χ1) is 6.84. The Morgan fingerprint density at radius 2 is 1.93 bits per heavy atom. The molecule has 2 nitrogen and oxygen atoms in total. The Kier molecular flexibility index (Phi) is 2.89. The summed E-state index contributed by atoms with van der Waals surface area (Å²) in [5.41, 5.74) is 1.04. The molecule has 0 unspecified atom stereocenters. The van der Waals surface area contributed by atoms with E-state index in [4.69, 9.17) is 9.15 Å². The predicted octanol–water partition coefficient (Wildman–Crippen LogP) is 3.62. The van der Waals surface area contributed by atoms with Gasteiger partial charge in [0.15, 0.2) is 0 Å². The monoisotopic (exact) mass is 252 g/mol. The zero-order valence-electron chi connectivity index (χ0n) is 7.44. The van der Waals surface area contributed by atoms with Gasteiger partial charge in [-0.05, 0) is 30.3 Å². The molecular weight excluding hydrogens is 244 g/mol. The van der Waals surface area contributed by atoms with Gasteiger partial charge in [-0.25, -0.2) is 0 Å². The fourth-order valence-electron chi connectivity index (χ4n) is 1.07. The van der Waals surface area contributed by atoms with Gasteiger partial charge >= 0.3 is 0 Å². The second-order valence-corrected chi connectivity index (χ2v) is 3.79. The maximum Gasteiger partial charge on any atom is 0.119 e. The van der Waals surface area contributed by atoms with Gasteiger partial charge in [-0.15, -0.1) is 0 Å². The molecule has 0 saturated heterocycles. The van der Waals surface area contributed by atoms with Crippen LogP contribution in [-0.4, -0.2) is 0 Å². The zero-order valence-corrected chi connectivity index (χ0v) is 9.03. The second-order valence-electron chi connectivity index (χ2n) is 2.87. The highest BCUT2D eigenvalue weighted by atomic mass is 79.9. The highest BCUT2D eigenvalue weighted by Gasteiger charge is 1.96. The lowest BCUT2D eigenvalue weighted by Gasteiger charge is -2.03. The number of ether oxygens (including phenoxy) is 1. The molecule has 0 N–H and O–H groups in total. The van der Waals surface area contributed by atoms with E-state index in [1.807, 2.05) is 30.3 Å². The summed E-state index contributed by atoms with van der Waals surface area (Å²) >= 11 is 3.36. The minimum atomic E-state index is 0.540. The van der Waals surface area contributed by atoms with Gasteiger partial charge in [0.25, 0.3) is 0 Å². The first kappa shape index (κ1) is 9.34. The van der Waals surface area contributed by atoms with Crippen molar-refractivity contribution < 1.29 is 9.15 Å². The molecule has 3 heteroatoms. The maximum absolute atomic E-state index is 5.52. The van der Waals surface area contributed by atoms with Crippen molar-refractivity contribution in [2.75, 3.05) is 0 Å². The highest BCUT2D eigenvalue weighted by molar-refractivity contribution is 9.10. The van der Waals surface area contributed by atoms with Crippen LogP contribution < -0.4 is 4.74 Å². The van der Waals surface area contributed by atoms with Crippen LogP contribution in [0.1, 0.15) is 5.56 Å². The molecule has 1 heterocycles. The van der Waals surface area contributed by atoms with Crippen molar-refractivity contribution in [2.45, 2.75) is 6.61 Å². The van der Waals surface area contributed by atoms with Gasteiger partial charge in [0, 0.05) is 10.0 Å². The van der Waals surface area contributed by atoms with Gasteiger partial charge in [0.05, 0.1) is 12.5 Å². The molecule has 0 spiro atoms. The largest absolute Gasteiger partial charge is 0.489 e. The molecule has 1 aromatic heterocycles. The van der Waals surface area contributed by atoms with Crippen molar-refractivity contribution in [3.8, 4) is 5.75 Å². The molecule has 0 bridgehead atoms. The van der Waals surface area contributed by atoms with Gasteiger partial charge in [0.2, 0.25) is 0 Å². The lowest BCUT2D eigenvalue weighted by Crippen LogP contribution is -1.92. The van der Waals surface area contributed by atoms with Crippen LogP contribution >= 0.6 is 15.9 Å². The summed E-state index contributed by atoms with van der Waals surface area (Å²) in [5.74, 6) is 0.856. The Morgan fingerprint density at radius 1 is 1.14 bits per heavy atom. The first-order valence-electron chi connectivity index (χ1n) is 4.24. The number of hydrogen-bond acceptors (Lipinski definition) is 2. The quantitative estimate of drug-likeness (QED) is 0.833. The molecule has 72 valence electrons. The Balaban J connectivity index is 1.95. The normalized spacial score (nSPS) is 10.1. The molecule has 2 rings (SSSR count). The molecule has 0 saturated carbocycles. The summed E-state index contributed by atoms with van der Waals surface area (Å²) in [5, 5.41) is 0. The van der Waals surface area contributed by atoms with E-state index >= 15 is 0 Å². The standard InChI is InChI=1S/C11H9BrO2/c12-10-1-3-11(4-2-10)14-8-9-5-6-13-7-9/h1-7H,8H2. The Hall–Kier alpha value is -1.22. The SMILES string of the molecule is Brc1ccc(OCc2ccoc2)cc1. The molecule has 1 aromatic carbocycles. The van der Waals surface area contributed by atoms with Crippen LogP contribution in [0.25, 0.3) is 0 Å². The summed E-state index contributed by atoms with van der Waals surface area (Å²) in [6.45, 7) is 0.540. The van der Waals surface area contributed by atoms with E-state index in [0.717, 1.165) is 15.8 Å². The van der Waals surface area contributed by atoms with E-state index in [1.54, 1.807) is 12.5 Å². The summed E-state index contributed by atoms with van der Waals surface area (Å²) in [4.78, 5) is 0. The van der Waals surface area contributed by atoms with E-state index in [-0.39, 0.29) is 0 Å². The average Bonchev–Trinajstić information content (AvgIpc) is 2.70. The number of hydrogen-bond donors (Lipinski definition) is 0. The fourth-order valence-corrected chi connectivity index (χ4v) is 1.34. The van der Waals surface area contributed by atoms with Gasteiger partial charge < -0.3 is 9.15 Å². The van der Waals surface area contributed by atoms with Crippen LogP contribution in [0, 0.1) is 0 Å². The second kappa shape index (κ2) is 4.33. The molecule has 0 amide bonds. The number of benzene rings is 1. The molecule has 14 heavy (non-hydrogen) atoms. The van der Waals surface area contributed by atoms with Crippen molar-refractivity contribution in [3.63, 3.8) is 0 Å². The van der Waals surface area contributed by atoms with Gasteiger partial charge in [0.1, 0.15) is 12.4 Å². The topological polar surface area (TPSA) is 22.4 Å². The first-order valence-corrected chi connectivity index (χ1v) is 5.03. The number of halogens is 1. The van der Waals surface area contributed by atoms with Crippen LogP contribution in [-0.2, 0) is 6.61 Å². The molecule has 0 atom stereocenters. The third-order valence-electron chi connectivity index (χ3n) is 1.80.